The number of fused-ring (bicyclic) bond motifs is 2. The Morgan fingerprint density at radius 1 is 0.800 bits per heavy atom. The van der Waals surface area contributed by atoms with Crippen LogP contribution in [0.15, 0.2) is 48.8 Å². The number of nitrogens with zero attached hydrogens (tertiary/aromatic N) is 2. The molecule has 1 aliphatic rings. The molecule has 0 N–H and O–H groups in total. The average molecular weight is 333 g/mol. The molecule has 2 aromatic carbocycles. The van der Waals surface area contributed by atoms with E-state index in [9.17, 15) is 0 Å². The van der Waals surface area contributed by atoms with Crippen molar-refractivity contribution in [1.29, 1.82) is 0 Å². The van der Waals surface area contributed by atoms with Crippen LogP contribution in [0.2, 0.25) is 0 Å². The molecule has 0 saturated heterocycles. The second-order valence-corrected chi connectivity index (χ2v) is 9.19. The molecule has 1 heterocycles. The van der Waals surface area contributed by atoms with Crippen molar-refractivity contribution in [2.24, 2.45) is 12.5 Å². The Balaban J connectivity index is 2.07. The van der Waals surface area contributed by atoms with Crippen molar-refractivity contribution in [2.45, 2.75) is 52.4 Å². The summed E-state index contributed by atoms with van der Waals surface area (Å²) < 4.78 is 4.56. The molecule has 0 amide bonds. The molecule has 0 bridgehead atoms. The number of aromatic nitrogens is 2. The third-order valence-electron chi connectivity index (χ3n) is 7.55. The summed E-state index contributed by atoms with van der Waals surface area (Å²) in [5.41, 5.74) is 7.24. The van der Waals surface area contributed by atoms with Gasteiger partial charge in [0.05, 0.1) is 7.05 Å². The lowest BCUT2D eigenvalue weighted by atomic mass is 9.59. The Hall–Kier alpha value is -2.09. The molecule has 2 nitrogen and oxygen atoms in total. The lowest BCUT2D eigenvalue weighted by molar-refractivity contribution is -0.645. The summed E-state index contributed by atoms with van der Waals surface area (Å²) in [7, 11) is 2.15. The number of para-hydroxylation sites is 1. The maximum atomic E-state index is 2.44. The first-order valence-corrected chi connectivity index (χ1v) is 9.20. The normalized spacial score (nSPS) is 20.0. The molecular formula is C23H29N2+. The number of aryl methyl sites for hydroxylation is 1. The van der Waals surface area contributed by atoms with Gasteiger partial charge in [-0.1, -0.05) is 59.7 Å². The zero-order valence-electron chi connectivity index (χ0n) is 16.5. The zero-order valence-corrected chi connectivity index (χ0v) is 16.5. The molecule has 2 heteroatoms. The van der Waals surface area contributed by atoms with E-state index in [-0.39, 0.29) is 16.2 Å². The van der Waals surface area contributed by atoms with Gasteiger partial charge in [-0.05, 0) is 51.6 Å². The standard InChI is InChI=1S/C23H29N2/c1-21(2)17-13-19-20(14-18(17)22(3,4)23(21,5)6)25(15-24(19)7)16-11-9-8-10-12-16/h8-15H,1-7H3/q+1. The van der Waals surface area contributed by atoms with Crippen LogP contribution in [0.5, 0.6) is 0 Å². The number of hydrogen-bond acceptors (Lipinski definition) is 0. The van der Waals surface area contributed by atoms with Crippen molar-refractivity contribution in [2.75, 3.05) is 0 Å². The van der Waals surface area contributed by atoms with Gasteiger partial charge in [0, 0.05) is 0 Å². The predicted octanol–water partition coefficient (Wildman–Crippen LogP) is 5.05. The van der Waals surface area contributed by atoms with Crippen LogP contribution in [-0.2, 0) is 17.9 Å². The maximum Gasteiger partial charge on any atom is 0.249 e. The summed E-state index contributed by atoms with van der Waals surface area (Å²) in [6, 6.07) is 15.5. The highest BCUT2D eigenvalue weighted by molar-refractivity contribution is 5.78. The fourth-order valence-electron chi connectivity index (χ4n) is 4.63. The van der Waals surface area contributed by atoms with E-state index in [1.165, 1.54) is 27.8 Å². The average Bonchev–Trinajstić information content (AvgIpc) is 2.94. The highest BCUT2D eigenvalue weighted by Crippen LogP contribution is 2.61. The summed E-state index contributed by atoms with van der Waals surface area (Å²) in [6.45, 7) is 14.5. The van der Waals surface area contributed by atoms with Gasteiger partial charge in [0.2, 0.25) is 6.33 Å². The van der Waals surface area contributed by atoms with Crippen LogP contribution >= 0.6 is 0 Å². The molecule has 0 radical (unpaired) electrons. The van der Waals surface area contributed by atoms with Crippen molar-refractivity contribution in [3.05, 3.63) is 59.9 Å². The Kier molecular flexibility index (Phi) is 3.11. The minimum atomic E-state index is 0.129. The number of hydrogen-bond donors (Lipinski definition) is 0. The van der Waals surface area contributed by atoms with E-state index >= 15 is 0 Å². The van der Waals surface area contributed by atoms with Crippen molar-refractivity contribution < 1.29 is 4.57 Å². The van der Waals surface area contributed by atoms with E-state index in [1.807, 2.05) is 0 Å². The molecule has 4 rings (SSSR count). The van der Waals surface area contributed by atoms with Gasteiger partial charge in [-0.25, -0.2) is 4.57 Å². The SMILES string of the molecule is C[n+]1cn(-c2ccccc2)c2cc3c(cc21)C(C)(C)C(C)(C)C3(C)C. The largest absolute Gasteiger partial charge is 0.249 e. The molecule has 1 aliphatic carbocycles. The predicted molar refractivity (Wildman–Crippen MR) is 104 cm³/mol. The second-order valence-electron chi connectivity index (χ2n) is 9.19. The minimum Gasteiger partial charge on any atom is -0.232 e. The van der Waals surface area contributed by atoms with E-state index in [0.717, 1.165) is 0 Å². The summed E-state index contributed by atoms with van der Waals surface area (Å²) in [5, 5.41) is 0. The third kappa shape index (κ3) is 1.88. The quantitative estimate of drug-likeness (QED) is 0.551. The lowest BCUT2D eigenvalue weighted by Gasteiger charge is -2.44. The summed E-state index contributed by atoms with van der Waals surface area (Å²) in [5.74, 6) is 0. The molecule has 1 aromatic heterocycles. The summed E-state index contributed by atoms with van der Waals surface area (Å²) in [6.07, 6.45) is 2.19. The van der Waals surface area contributed by atoms with Gasteiger partial charge >= 0.3 is 0 Å². The molecule has 0 unspecified atom stereocenters. The Morgan fingerprint density at radius 2 is 1.36 bits per heavy atom. The van der Waals surface area contributed by atoms with Gasteiger partial charge in [0.25, 0.3) is 0 Å². The van der Waals surface area contributed by atoms with Gasteiger partial charge in [-0.3, -0.25) is 0 Å². The first-order chi connectivity index (χ1) is 11.6. The monoisotopic (exact) mass is 333 g/mol. The molecule has 0 atom stereocenters. The fourth-order valence-corrected chi connectivity index (χ4v) is 4.63. The van der Waals surface area contributed by atoms with Gasteiger partial charge in [0.15, 0.2) is 11.0 Å². The van der Waals surface area contributed by atoms with Crippen LogP contribution in [-0.4, -0.2) is 4.57 Å². The van der Waals surface area contributed by atoms with E-state index in [1.54, 1.807) is 0 Å². The Morgan fingerprint density at radius 3 is 1.96 bits per heavy atom. The number of rotatable bonds is 1. The zero-order chi connectivity index (χ0) is 18.2. The molecule has 0 aliphatic heterocycles. The first kappa shape index (κ1) is 16.4. The van der Waals surface area contributed by atoms with E-state index in [0.29, 0.717) is 0 Å². The molecule has 130 valence electrons. The third-order valence-corrected chi connectivity index (χ3v) is 7.55. The van der Waals surface area contributed by atoms with Gasteiger partial charge in [0.1, 0.15) is 5.69 Å². The van der Waals surface area contributed by atoms with Crippen LogP contribution in [0.3, 0.4) is 0 Å². The Labute approximate surface area is 151 Å². The van der Waals surface area contributed by atoms with E-state index in [4.69, 9.17) is 0 Å². The molecule has 0 saturated carbocycles. The highest BCUT2D eigenvalue weighted by Gasteiger charge is 2.57. The topological polar surface area (TPSA) is 8.81 Å². The second kappa shape index (κ2) is 4.75. The van der Waals surface area contributed by atoms with Gasteiger partial charge in [-0.15, -0.1) is 0 Å². The number of imidazole rings is 1. The van der Waals surface area contributed by atoms with E-state index in [2.05, 4.69) is 107 Å². The van der Waals surface area contributed by atoms with Crippen molar-refractivity contribution in [3.63, 3.8) is 0 Å². The van der Waals surface area contributed by atoms with Crippen molar-refractivity contribution >= 4 is 11.0 Å². The molecule has 0 spiro atoms. The van der Waals surface area contributed by atoms with Crippen LogP contribution < -0.4 is 4.57 Å². The molecule has 0 fully saturated rings. The van der Waals surface area contributed by atoms with Crippen LogP contribution in [0.4, 0.5) is 0 Å². The maximum absolute atomic E-state index is 2.44. The van der Waals surface area contributed by atoms with E-state index < -0.39 is 0 Å². The first-order valence-electron chi connectivity index (χ1n) is 9.20. The molecule has 25 heavy (non-hydrogen) atoms. The van der Waals surface area contributed by atoms with Crippen molar-refractivity contribution in [3.8, 4) is 5.69 Å². The molecule has 3 aromatic rings. The van der Waals surface area contributed by atoms with Crippen LogP contribution in [0.25, 0.3) is 16.7 Å². The smallest absolute Gasteiger partial charge is 0.232 e. The van der Waals surface area contributed by atoms with Gasteiger partial charge in [-0.2, -0.15) is 4.57 Å². The summed E-state index contributed by atoms with van der Waals surface area (Å²) >= 11 is 0. The summed E-state index contributed by atoms with van der Waals surface area (Å²) in [4.78, 5) is 0. The van der Waals surface area contributed by atoms with Crippen LogP contribution in [0, 0.1) is 5.41 Å². The Bertz CT molecular complexity index is 972. The fraction of sp³-hybridized carbons (Fsp3) is 0.435. The molecular weight excluding hydrogens is 304 g/mol. The number of benzene rings is 2. The van der Waals surface area contributed by atoms with Crippen LogP contribution in [0.1, 0.15) is 52.7 Å². The lowest BCUT2D eigenvalue weighted by Crippen LogP contribution is -2.42. The van der Waals surface area contributed by atoms with Crippen molar-refractivity contribution in [1.82, 2.24) is 4.57 Å². The highest BCUT2D eigenvalue weighted by atomic mass is 15.1. The van der Waals surface area contributed by atoms with Gasteiger partial charge < -0.3 is 0 Å². The minimum absolute atomic E-state index is 0.129.